The van der Waals surface area contributed by atoms with Crippen molar-refractivity contribution in [1.82, 2.24) is 10.3 Å². The van der Waals surface area contributed by atoms with Crippen LogP contribution in [0.4, 0.5) is 0 Å². The highest BCUT2D eigenvalue weighted by Gasteiger charge is 2.23. The van der Waals surface area contributed by atoms with Gasteiger partial charge in [-0.15, -0.1) is 0 Å². The summed E-state index contributed by atoms with van der Waals surface area (Å²) in [5.74, 6) is -1.60. The van der Waals surface area contributed by atoms with E-state index in [2.05, 4.69) is 19.8 Å². The predicted molar refractivity (Wildman–Crippen MR) is 68.8 cm³/mol. The number of nitrogens with one attached hydrogen (secondary N) is 1. The van der Waals surface area contributed by atoms with Crippen LogP contribution in [0.25, 0.3) is 0 Å². The summed E-state index contributed by atoms with van der Waals surface area (Å²) in [6.45, 7) is 0. The second-order valence-electron chi connectivity index (χ2n) is 3.88. The molecule has 0 radical (unpaired) electrons. The smallest absolute Gasteiger partial charge is 0.328 e. The van der Waals surface area contributed by atoms with Gasteiger partial charge in [0.1, 0.15) is 11.7 Å². The largest absolute Gasteiger partial charge is 0.469 e. The number of carbonyl (C=O) groups excluding carboxylic acids is 3. The molecule has 0 aliphatic heterocycles. The molecule has 1 atom stereocenters. The average molecular weight is 280 g/mol. The van der Waals surface area contributed by atoms with Crippen LogP contribution in [-0.4, -0.2) is 43.1 Å². The maximum Gasteiger partial charge on any atom is 0.328 e. The van der Waals surface area contributed by atoms with Crippen LogP contribution in [0.15, 0.2) is 24.4 Å². The van der Waals surface area contributed by atoms with E-state index in [0.29, 0.717) is 0 Å². The van der Waals surface area contributed by atoms with E-state index in [-0.39, 0.29) is 18.5 Å². The van der Waals surface area contributed by atoms with Crippen LogP contribution in [-0.2, 0) is 19.1 Å². The standard InChI is InChI=1S/C13H16N2O5/c1-19-11(16)7-6-10(13(18)20-2)15-12(17)9-5-3-4-8-14-9/h3-5,8,10H,6-7H2,1-2H3,(H,15,17)/t10-/m0/s1. The van der Waals surface area contributed by atoms with Crippen LogP contribution >= 0.6 is 0 Å². The van der Waals surface area contributed by atoms with Gasteiger partial charge in [0.05, 0.1) is 14.2 Å². The molecule has 0 spiro atoms. The molecule has 0 bridgehead atoms. The van der Waals surface area contributed by atoms with Gasteiger partial charge in [0.15, 0.2) is 0 Å². The summed E-state index contributed by atoms with van der Waals surface area (Å²) in [7, 11) is 2.46. The van der Waals surface area contributed by atoms with Gasteiger partial charge in [0.2, 0.25) is 0 Å². The minimum atomic E-state index is -0.923. The minimum absolute atomic E-state index is 0.00123. The van der Waals surface area contributed by atoms with Crippen LogP contribution in [0.1, 0.15) is 23.3 Å². The SMILES string of the molecule is COC(=O)CC[C@H](NC(=O)c1ccccn1)C(=O)OC. The summed E-state index contributed by atoms with van der Waals surface area (Å²) >= 11 is 0. The molecule has 7 heteroatoms. The molecule has 0 saturated heterocycles. The number of rotatable bonds is 6. The molecule has 0 aromatic carbocycles. The van der Waals surface area contributed by atoms with Crippen LogP contribution in [0.5, 0.6) is 0 Å². The fourth-order valence-corrected chi connectivity index (χ4v) is 1.48. The second-order valence-corrected chi connectivity index (χ2v) is 3.88. The van der Waals surface area contributed by atoms with E-state index in [4.69, 9.17) is 0 Å². The Kier molecular flexibility index (Phi) is 6.15. The van der Waals surface area contributed by atoms with E-state index < -0.39 is 23.9 Å². The Morgan fingerprint density at radius 3 is 2.55 bits per heavy atom. The van der Waals surface area contributed by atoms with E-state index in [1.165, 1.54) is 26.5 Å². The van der Waals surface area contributed by atoms with Gasteiger partial charge in [-0.3, -0.25) is 14.6 Å². The molecule has 108 valence electrons. The molecule has 1 heterocycles. The number of pyridine rings is 1. The fraction of sp³-hybridized carbons (Fsp3) is 0.385. The summed E-state index contributed by atoms with van der Waals surface area (Å²) < 4.78 is 9.08. The third-order valence-electron chi connectivity index (χ3n) is 2.55. The van der Waals surface area contributed by atoms with Crippen LogP contribution in [0, 0.1) is 0 Å². The maximum atomic E-state index is 11.9. The lowest BCUT2D eigenvalue weighted by atomic mass is 10.1. The normalized spacial score (nSPS) is 11.3. The van der Waals surface area contributed by atoms with E-state index in [0.717, 1.165) is 0 Å². The molecule has 1 aromatic rings. The monoisotopic (exact) mass is 280 g/mol. The molecular formula is C13H16N2O5. The van der Waals surface area contributed by atoms with Crippen molar-refractivity contribution in [1.29, 1.82) is 0 Å². The molecule has 0 aliphatic rings. The number of amides is 1. The molecule has 7 nitrogen and oxygen atoms in total. The molecule has 0 saturated carbocycles. The predicted octanol–water partition coefficient (Wildman–Crippen LogP) is 0.306. The van der Waals surface area contributed by atoms with Gasteiger partial charge in [-0.25, -0.2) is 4.79 Å². The number of hydrogen-bond acceptors (Lipinski definition) is 6. The summed E-state index contributed by atoms with van der Waals surface area (Å²) in [4.78, 5) is 38.4. The molecule has 1 aromatic heterocycles. The topological polar surface area (TPSA) is 94.6 Å². The third kappa shape index (κ3) is 4.68. The van der Waals surface area contributed by atoms with Crippen molar-refractivity contribution in [2.45, 2.75) is 18.9 Å². The second kappa shape index (κ2) is 7.88. The highest BCUT2D eigenvalue weighted by molar-refractivity contribution is 5.95. The zero-order chi connectivity index (χ0) is 15.0. The van der Waals surface area contributed by atoms with E-state index >= 15 is 0 Å². The lowest BCUT2D eigenvalue weighted by Crippen LogP contribution is -2.42. The molecule has 1 amide bonds. The molecule has 1 N–H and O–H groups in total. The lowest BCUT2D eigenvalue weighted by Gasteiger charge is -2.15. The first-order valence-electron chi connectivity index (χ1n) is 5.95. The first kappa shape index (κ1) is 15.6. The van der Waals surface area contributed by atoms with Gasteiger partial charge in [0, 0.05) is 12.6 Å². The number of esters is 2. The van der Waals surface area contributed by atoms with Crippen LogP contribution in [0.3, 0.4) is 0 Å². The maximum absolute atomic E-state index is 11.9. The third-order valence-corrected chi connectivity index (χ3v) is 2.55. The molecular weight excluding hydrogens is 264 g/mol. The van der Waals surface area contributed by atoms with Crippen molar-refractivity contribution >= 4 is 17.8 Å². The average Bonchev–Trinajstić information content (AvgIpc) is 2.50. The van der Waals surface area contributed by atoms with Crippen LogP contribution in [0.2, 0.25) is 0 Å². The van der Waals surface area contributed by atoms with Gasteiger partial charge in [-0.2, -0.15) is 0 Å². The molecule has 0 unspecified atom stereocenters. The van der Waals surface area contributed by atoms with Gasteiger partial charge >= 0.3 is 11.9 Å². The molecule has 0 fully saturated rings. The van der Waals surface area contributed by atoms with E-state index in [1.807, 2.05) is 0 Å². The summed E-state index contributed by atoms with van der Waals surface area (Å²) in [5, 5.41) is 2.48. The van der Waals surface area contributed by atoms with Crippen molar-refractivity contribution in [2.75, 3.05) is 14.2 Å². The summed E-state index contributed by atoms with van der Waals surface area (Å²) in [6.07, 6.45) is 1.56. The number of nitrogens with zero attached hydrogens (tertiary/aromatic N) is 1. The number of aromatic nitrogens is 1. The highest BCUT2D eigenvalue weighted by atomic mass is 16.5. The number of ether oxygens (including phenoxy) is 2. The molecule has 0 aliphatic carbocycles. The van der Waals surface area contributed by atoms with Crippen molar-refractivity contribution in [3.05, 3.63) is 30.1 Å². The quantitative estimate of drug-likeness (QED) is 0.753. The van der Waals surface area contributed by atoms with Crippen molar-refractivity contribution in [2.24, 2.45) is 0 Å². The Morgan fingerprint density at radius 2 is 2.00 bits per heavy atom. The summed E-state index contributed by atoms with van der Waals surface area (Å²) in [5.41, 5.74) is 0.180. The Labute approximate surface area is 116 Å². The first-order valence-corrected chi connectivity index (χ1v) is 5.95. The number of hydrogen-bond donors (Lipinski definition) is 1. The molecule has 1 rings (SSSR count). The van der Waals surface area contributed by atoms with Gasteiger partial charge in [0.25, 0.3) is 5.91 Å². The van der Waals surface area contributed by atoms with Crippen molar-refractivity contribution < 1.29 is 23.9 Å². The Hall–Kier alpha value is -2.44. The van der Waals surface area contributed by atoms with Crippen molar-refractivity contribution in [3.8, 4) is 0 Å². The Morgan fingerprint density at radius 1 is 1.25 bits per heavy atom. The fourth-order valence-electron chi connectivity index (χ4n) is 1.48. The van der Waals surface area contributed by atoms with E-state index in [9.17, 15) is 14.4 Å². The van der Waals surface area contributed by atoms with Gasteiger partial charge in [-0.05, 0) is 18.6 Å². The summed E-state index contributed by atoms with van der Waals surface area (Å²) in [6, 6.07) is 3.92. The first-order chi connectivity index (χ1) is 9.58. The van der Waals surface area contributed by atoms with Crippen LogP contribution < -0.4 is 5.32 Å². The Bertz CT molecular complexity index is 475. The highest BCUT2D eigenvalue weighted by Crippen LogP contribution is 2.03. The zero-order valence-corrected chi connectivity index (χ0v) is 11.3. The van der Waals surface area contributed by atoms with E-state index in [1.54, 1.807) is 12.1 Å². The Balaban J connectivity index is 2.67. The number of carbonyl (C=O) groups is 3. The molecule has 20 heavy (non-hydrogen) atoms. The van der Waals surface area contributed by atoms with Gasteiger partial charge in [-0.1, -0.05) is 6.07 Å². The zero-order valence-electron chi connectivity index (χ0n) is 11.3. The van der Waals surface area contributed by atoms with Gasteiger partial charge < -0.3 is 14.8 Å². The van der Waals surface area contributed by atoms with Crippen molar-refractivity contribution in [3.63, 3.8) is 0 Å². The number of methoxy groups -OCH3 is 2. The minimum Gasteiger partial charge on any atom is -0.469 e. The lowest BCUT2D eigenvalue weighted by molar-refractivity contribution is -0.144.